The fraction of sp³-hybridized carbons (Fsp3) is 0.0526. The second kappa shape index (κ2) is 6.06. The van der Waals surface area contributed by atoms with Gasteiger partial charge in [0.05, 0.1) is 5.69 Å². The van der Waals surface area contributed by atoms with Crippen molar-refractivity contribution in [1.82, 2.24) is 14.6 Å². The molecule has 1 N–H and O–H groups in total. The summed E-state index contributed by atoms with van der Waals surface area (Å²) in [5.41, 5.74) is 4.08. The molecule has 2 heterocycles. The standard InChI is InChI=1S/C19H13Cl2N3O/c1-11-15(12-7-9-14(20)10-8-12)18-22-17(13-5-3-2-4-6-13)16(21)19(25)24(18)23-11/h2-10,23H,1H3. The highest BCUT2D eigenvalue weighted by atomic mass is 35.5. The normalized spacial score (nSPS) is 11.2. The molecule has 0 atom stereocenters. The van der Waals surface area contributed by atoms with Crippen LogP contribution in [0.1, 0.15) is 5.69 Å². The number of benzene rings is 2. The number of aryl methyl sites for hydroxylation is 1. The highest BCUT2D eigenvalue weighted by Gasteiger charge is 2.19. The minimum atomic E-state index is -0.325. The topological polar surface area (TPSA) is 50.2 Å². The van der Waals surface area contributed by atoms with Crippen LogP contribution < -0.4 is 5.56 Å². The van der Waals surface area contributed by atoms with Gasteiger partial charge in [-0.3, -0.25) is 9.89 Å². The second-order valence-corrected chi connectivity index (χ2v) is 6.54. The minimum absolute atomic E-state index is 0.0904. The molecule has 0 amide bonds. The molecular weight excluding hydrogens is 357 g/mol. The Kier molecular flexibility index (Phi) is 3.86. The molecule has 4 nitrogen and oxygen atoms in total. The fourth-order valence-electron chi connectivity index (χ4n) is 2.91. The largest absolute Gasteiger partial charge is 0.293 e. The van der Waals surface area contributed by atoms with Crippen molar-refractivity contribution in [2.45, 2.75) is 6.92 Å². The third-order valence-electron chi connectivity index (χ3n) is 4.09. The summed E-state index contributed by atoms with van der Waals surface area (Å²) in [5, 5.41) is 3.79. The van der Waals surface area contributed by atoms with E-state index in [1.54, 1.807) is 0 Å². The maximum atomic E-state index is 12.7. The Labute approximate surface area is 153 Å². The minimum Gasteiger partial charge on any atom is -0.293 e. The quantitative estimate of drug-likeness (QED) is 0.542. The molecule has 2 aromatic heterocycles. The average molecular weight is 370 g/mol. The molecule has 0 fully saturated rings. The van der Waals surface area contributed by atoms with Crippen molar-refractivity contribution in [2.75, 3.05) is 0 Å². The number of nitrogens with zero attached hydrogens (tertiary/aromatic N) is 2. The molecule has 0 saturated carbocycles. The summed E-state index contributed by atoms with van der Waals surface area (Å²) in [7, 11) is 0. The molecule has 0 spiro atoms. The number of fused-ring (bicyclic) bond motifs is 1. The summed E-state index contributed by atoms with van der Waals surface area (Å²) >= 11 is 12.3. The zero-order valence-corrected chi connectivity index (χ0v) is 14.8. The number of aromatic amines is 1. The van der Waals surface area contributed by atoms with Crippen LogP contribution >= 0.6 is 23.2 Å². The van der Waals surface area contributed by atoms with Crippen molar-refractivity contribution in [2.24, 2.45) is 0 Å². The van der Waals surface area contributed by atoms with E-state index in [1.807, 2.05) is 61.5 Å². The molecule has 2 aromatic carbocycles. The van der Waals surface area contributed by atoms with E-state index in [0.717, 1.165) is 22.4 Å². The van der Waals surface area contributed by atoms with Gasteiger partial charge in [-0.05, 0) is 24.6 Å². The highest BCUT2D eigenvalue weighted by molar-refractivity contribution is 6.33. The number of rotatable bonds is 2. The van der Waals surface area contributed by atoms with Crippen molar-refractivity contribution in [3.8, 4) is 22.4 Å². The lowest BCUT2D eigenvalue weighted by atomic mass is 10.1. The zero-order chi connectivity index (χ0) is 17.6. The smallest absolute Gasteiger partial charge is 0.292 e. The van der Waals surface area contributed by atoms with Gasteiger partial charge in [-0.15, -0.1) is 0 Å². The van der Waals surface area contributed by atoms with Crippen LogP contribution in [0.2, 0.25) is 10.0 Å². The van der Waals surface area contributed by atoms with Crippen molar-refractivity contribution in [3.05, 3.63) is 80.7 Å². The zero-order valence-electron chi connectivity index (χ0n) is 13.3. The molecule has 0 unspecified atom stereocenters. The van der Waals surface area contributed by atoms with E-state index in [9.17, 15) is 4.79 Å². The lowest BCUT2D eigenvalue weighted by molar-refractivity contribution is 0.882. The number of hydrogen-bond donors (Lipinski definition) is 1. The molecule has 0 aliphatic heterocycles. The number of H-pyrrole nitrogens is 1. The molecule has 4 rings (SSSR count). The van der Waals surface area contributed by atoms with Gasteiger partial charge in [0, 0.05) is 21.8 Å². The number of aromatic nitrogens is 3. The third kappa shape index (κ3) is 2.64. The van der Waals surface area contributed by atoms with Gasteiger partial charge >= 0.3 is 0 Å². The molecule has 4 aromatic rings. The maximum absolute atomic E-state index is 12.7. The van der Waals surface area contributed by atoms with Crippen LogP contribution in [-0.2, 0) is 0 Å². The summed E-state index contributed by atoms with van der Waals surface area (Å²) in [5.74, 6) is 0. The highest BCUT2D eigenvalue weighted by Crippen LogP contribution is 2.30. The Morgan fingerprint density at radius 3 is 2.32 bits per heavy atom. The van der Waals surface area contributed by atoms with Crippen LogP contribution in [0, 0.1) is 6.92 Å². The van der Waals surface area contributed by atoms with Crippen LogP contribution in [-0.4, -0.2) is 14.6 Å². The SMILES string of the molecule is Cc1[nH]n2c(=O)c(Cl)c(-c3ccccc3)nc2c1-c1ccc(Cl)cc1. The molecule has 0 aliphatic rings. The first kappa shape index (κ1) is 15.9. The third-order valence-corrected chi connectivity index (χ3v) is 4.68. The Morgan fingerprint density at radius 1 is 0.960 bits per heavy atom. The van der Waals surface area contributed by atoms with E-state index in [-0.39, 0.29) is 10.6 Å². The van der Waals surface area contributed by atoms with Crippen molar-refractivity contribution < 1.29 is 0 Å². The average Bonchev–Trinajstić information content (AvgIpc) is 2.96. The van der Waals surface area contributed by atoms with E-state index in [0.29, 0.717) is 16.4 Å². The van der Waals surface area contributed by atoms with Crippen molar-refractivity contribution in [3.63, 3.8) is 0 Å². The second-order valence-electron chi connectivity index (χ2n) is 5.72. The van der Waals surface area contributed by atoms with Crippen LogP contribution in [0.25, 0.3) is 28.0 Å². The van der Waals surface area contributed by atoms with Gasteiger partial charge in [0.2, 0.25) is 0 Å². The van der Waals surface area contributed by atoms with Crippen LogP contribution in [0.5, 0.6) is 0 Å². The maximum Gasteiger partial charge on any atom is 0.292 e. The lowest BCUT2D eigenvalue weighted by Gasteiger charge is -2.06. The van der Waals surface area contributed by atoms with Gasteiger partial charge in [-0.2, -0.15) is 4.52 Å². The van der Waals surface area contributed by atoms with Gasteiger partial charge < -0.3 is 0 Å². The van der Waals surface area contributed by atoms with Crippen LogP contribution in [0.4, 0.5) is 0 Å². The van der Waals surface area contributed by atoms with Crippen molar-refractivity contribution in [1.29, 1.82) is 0 Å². The van der Waals surface area contributed by atoms with Crippen LogP contribution in [0.3, 0.4) is 0 Å². The Morgan fingerprint density at radius 2 is 1.64 bits per heavy atom. The number of nitrogens with one attached hydrogen (secondary N) is 1. The fourth-order valence-corrected chi connectivity index (χ4v) is 3.27. The molecular formula is C19H13Cl2N3O. The van der Waals surface area contributed by atoms with Gasteiger partial charge in [0.15, 0.2) is 5.65 Å². The summed E-state index contributed by atoms with van der Waals surface area (Å²) in [6.07, 6.45) is 0. The van der Waals surface area contributed by atoms with E-state index < -0.39 is 0 Å². The Balaban J connectivity index is 2.06. The molecule has 25 heavy (non-hydrogen) atoms. The monoisotopic (exact) mass is 369 g/mol. The number of hydrogen-bond acceptors (Lipinski definition) is 2. The Bertz CT molecular complexity index is 1130. The van der Waals surface area contributed by atoms with Crippen LogP contribution in [0.15, 0.2) is 59.4 Å². The first-order valence-corrected chi connectivity index (χ1v) is 8.44. The molecule has 0 saturated heterocycles. The van der Waals surface area contributed by atoms with Crippen molar-refractivity contribution >= 4 is 28.8 Å². The van der Waals surface area contributed by atoms with Gasteiger partial charge in [-0.1, -0.05) is 65.7 Å². The molecule has 0 bridgehead atoms. The summed E-state index contributed by atoms with van der Waals surface area (Å²) in [4.78, 5) is 17.4. The first-order chi connectivity index (χ1) is 12.1. The Hall–Kier alpha value is -2.56. The van der Waals surface area contributed by atoms with E-state index in [1.165, 1.54) is 4.52 Å². The predicted octanol–water partition coefficient (Wildman–Crippen LogP) is 4.97. The van der Waals surface area contributed by atoms with E-state index in [4.69, 9.17) is 28.2 Å². The van der Waals surface area contributed by atoms with Gasteiger partial charge in [0.1, 0.15) is 5.02 Å². The summed E-state index contributed by atoms with van der Waals surface area (Å²) in [6.45, 7) is 1.90. The molecule has 0 aliphatic carbocycles. The molecule has 6 heteroatoms. The van der Waals surface area contributed by atoms with Gasteiger partial charge in [0.25, 0.3) is 5.56 Å². The van der Waals surface area contributed by atoms with E-state index >= 15 is 0 Å². The van der Waals surface area contributed by atoms with E-state index in [2.05, 4.69) is 5.10 Å². The van der Waals surface area contributed by atoms with Gasteiger partial charge in [-0.25, -0.2) is 4.98 Å². The molecule has 0 radical (unpaired) electrons. The lowest BCUT2D eigenvalue weighted by Crippen LogP contribution is -2.16. The predicted molar refractivity (Wildman–Crippen MR) is 101 cm³/mol. The summed E-state index contributed by atoms with van der Waals surface area (Å²) < 4.78 is 1.38. The molecule has 124 valence electrons. The number of halogens is 2. The first-order valence-electron chi connectivity index (χ1n) is 7.68. The summed E-state index contributed by atoms with van der Waals surface area (Å²) in [6, 6.07) is 16.9.